The van der Waals surface area contributed by atoms with Crippen LogP contribution in [0.15, 0.2) is 18.2 Å². The van der Waals surface area contributed by atoms with Crippen LogP contribution < -0.4 is 10.5 Å². The third kappa shape index (κ3) is 3.76. The topological polar surface area (TPSA) is 61.5 Å². The van der Waals surface area contributed by atoms with Gasteiger partial charge in [-0.1, -0.05) is 0 Å². The van der Waals surface area contributed by atoms with Crippen LogP contribution in [0.4, 0.5) is 10.1 Å². The molecule has 0 radical (unpaired) electrons. The molecule has 1 rings (SSSR count). The van der Waals surface area contributed by atoms with Gasteiger partial charge >= 0.3 is 5.97 Å². The molecule has 1 aromatic rings. The zero-order valence-corrected chi connectivity index (χ0v) is 9.20. The molecule has 0 aromatic heterocycles. The summed E-state index contributed by atoms with van der Waals surface area (Å²) in [4.78, 5) is 11.1. The lowest BCUT2D eigenvalue weighted by Crippen LogP contribution is -2.18. The Morgan fingerprint density at radius 3 is 2.75 bits per heavy atom. The number of halogens is 1. The Labute approximate surface area is 93.2 Å². The van der Waals surface area contributed by atoms with Crippen LogP contribution >= 0.6 is 0 Å². The van der Waals surface area contributed by atoms with E-state index in [1.165, 1.54) is 12.1 Å². The van der Waals surface area contributed by atoms with Crippen molar-refractivity contribution in [1.82, 2.24) is 0 Å². The highest BCUT2D eigenvalue weighted by molar-refractivity contribution is 5.71. The predicted octanol–water partition coefficient (Wildman–Crippen LogP) is 1.74. The molecule has 0 saturated heterocycles. The molecule has 2 N–H and O–H groups in total. The van der Waals surface area contributed by atoms with Gasteiger partial charge in [0.05, 0.1) is 11.8 Å². The van der Waals surface area contributed by atoms with Crippen molar-refractivity contribution in [3.05, 3.63) is 24.0 Å². The summed E-state index contributed by atoms with van der Waals surface area (Å²) in [7, 11) is 0. The maximum atomic E-state index is 13.0. The smallest absolute Gasteiger partial charge is 0.344 e. The van der Waals surface area contributed by atoms with E-state index in [2.05, 4.69) is 0 Å². The fraction of sp³-hybridized carbons (Fsp3) is 0.364. The van der Waals surface area contributed by atoms with E-state index >= 15 is 0 Å². The van der Waals surface area contributed by atoms with Crippen LogP contribution in [0, 0.1) is 5.82 Å². The normalized spacial score (nSPS) is 10.2. The standard InChI is InChI=1S/C11H14FNO3/c1-7(2)16-11(14)6-15-8-3-4-10(13)9(12)5-8/h3-5,7H,6,13H2,1-2H3. The molecular weight excluding hydrogens is 213 g/mol. The van der Waals surface area contributed by atoms with E-state index in [9.17, 15) is 9.18 Å². The van der Waals surface area contributed by atoms with Gasteiger partial charge < -0.3 is 15.2 Å². The van der Waals surface area contributed by atoms with E-state index in [1.807, 2.05) is 0 Å². The summed E-state index contributed by atoms with van der Waals surface area (Å²) < 4.78 is 22.9. The highest BCUT2D eigenvalue weighted by Gasteiger charge is 2.07. The van der Waals surface area contributed by atoms with Gasteiger partial charge in [-0.25, -0.2) is 9.18 Å². The molecule has 0 aliphatic heterocycles. The highest BCUT2D eigenvalue weighted by Crippen LogP contribution is 2.17. The van der Waals surface area contributed by atoms with E-state index in [1.54, 1.807) is 13.8 Å². The van der Waals surface area contributed by atoms with E-state index in [-0.39, 0.29) is 24.1 Å². The number of hydrogen-bond donors (Lipinski definition) is 1. The van der Waals surface area contributed by atoms with Crippen molar-refractivity contribution >= 4 is 11.7 Å². The summed E-state index contributed by atoms with van der Waals surface area (Å²) in [6, 6.07) is 3.98. The Balaban J connectivity index is 2.48. The van der Waals surface area contributed by atoms with Crippen LogP contribution in [-0.2, 0) is 9.53 Å². The van der Waals surface area contributed by atoms with Crippen molar-refractivity contribution < 1.29 is 18.7 Å². The summed E-state index contributed by atoms with van der Waals surface area (Å²) >= 11 is 0. The van der Waals surface area contributed by atoms with Crippen molar-refractivity contribution in [3.8, 4) is 5.75 Å². The predicted molar refractivity (Wildman–Crippen MR) is 57.5 cm³/mol. The van der Waals surface area contributed by atoms with E-state index in [4.69, 9.17) is 15.2 Å². The Morgan fingerprint density at radius 1 is 1.50 bits per heavy atom. The molecule has 0 fully saturated rings. The number of esters is 1. The fourth-order valence-electron chi connectivity index (χ4n) is 1.04. The monoisotopic (exact) mass is 227 g/mol. The van der Waals surface area contributed by atoms with E-state index in [0.717, 1.165) is 6.07 Å². The van der Waals surface area contributed by atoms with Gasteiger partial charge in [-0.3, -0.25) is 0 Å². The molecule has 0 saturated carbocycles. The van der Waals surface area contributed by atoms with Crippen LogP contribution in [0.5, 0.6) is 5.75 Å². The highest BCUT2D eigenvalue weighted by atomic mass is 19.1. The van der Waals surface area contributed by atoms with Crippen molar-refractivity contribution in [2.45, 2.75) is 20.0 Å². The molecule has 0 atom stereocenters. The molecular formula is C11H14FNO3. The average molecular weight is 227 g/mol. The summed E-state index contributed by atoms with van der Waals surface area (Å²) in [6.45, 7) is 3.23. The lowest BCUT2D eigenvalue weighted by molar-refractivity contribution is -0.149. The second-order valence-electron chi connectivity index (χ2n) is 3.51. The van der Waals surface area contributed by atoms with Crippen LogP contribution in [0.2, 0.25) is 0 Å². The second kappa shape index (κ2) is 5.34. The first kappa shape index (κ1) is 12.3. The van der Waals surface area contributed by atoms with Gasteiger partial charge in [-0.2, -0.15) is 0 Å². The number of ether oxygens (including phenoxy) is 2. The molecule has 0 heterocycles. The zero-order chi connectivity index (χ0) is 12.1. The van der Waals surface area contributed by atoms with Gasteiger partial charge in [0.1, 0.15) is 11.6 Å². The first-order chi connectivity index (χ1) is 7.49. The first-order valence-corrected chi connectivity index (χ1v) is 4.86. The molecule has 0 unspecified atom stereocenters. The quantitative estimate of drug-likeness (QED) is 0.628. The summed E-state index contributed by atoms with van der Waals surface area (Å²) in [6.07, 6.45) is -0.195. The van der Waals surface area contributed by atoms with Crippen LogP contribution in [0.1, 0.15) is 13.8 Å². The Hall–Kier alpha value is -1.78. The summed E-state index contributed by atoms with van der Waals surface area (Å²) in [5.41, 5.74) is 5.33. The summed E-state index contributed by atoms with van der Waals surface area (Å²) in [5, 5.41) is 0. The molecule has 5 heteroatoms. The molecule has 0 aliphatic rings. The molecule has 0 aliphatic carbocycles. The van der Waals surface area contributed by atoms with Crippen LogP contribution in [0.25, 0.3) is 0 Å². The molecule has 0 bridgehead atoms. The second-order valence-corrected chi connectivity index (χ2v) is 3.51. The van der Waals surface area contributed by atoms with Crippen molar-refractivity contribution in [2.24, 2.45) is 0 Å². The molecule has 0 spiro atoms. The number of carbonyl (C=O) groups excluding carboxylic acids is 1. The molecule has 88 valence electrons. The number of carbonyl (C=O) groups is 1. The fourth-order valence-corrected chi connectivity index (χ4v) is 1.04. The Bertz CT molecular complexity index is 379. The number of anilines is 1. The molecule has 0 amide bonds. The SMILES string of the molecule is CC(C)OC(=O)COc1ccc(N)c(F)c1. The zero-order valence-electron chi connectivity index (χ0n) is 9.20. The number of nitrogens with two attached hydrogens (primary N) is 1. The minimum absolute atomic E-state index is 0.0390. The molecule has 1 aromatic carbocycles. The van der Waals surface area contributed by atoms with E-state index in [0.29, 0.717) is 0 Å². The van der Waals surface area contributed by atoms with Gasteiger partial charge in [0.15, 0.2) is 6.61 Å². The number of nitrogen functional groups attached to an aromatic ring is 1. The van der Waals surface area contributed by atoms with Crippen molar-refractivity contribution in [1.29, 1.82) is 0 Å². The largest absolute Gasteiger partial charge is 0.482 e. The van der Waals surface area contributed by atoms with Crippen LogP contribution in [-0.4, -0.2) is 18.7 Å². The van der Waals surface area contributed by atoms with Gasteiger partial charge in [-0.05, 0) is 26.0 Å². The van der Waals surface area contributed by atoms with Gasteiger partial charge in [0.2, 0.25) is 0 Å². The van der Waals surface area contributed by atoms with E-state index < -0.39 is 11.8 Å². The minimum Gasteiger partial charge on any atom is -0.482 e. The van der Waals surface area contributed by atoms with Gasteiger partial charge in [-0.15, -0.1) is 0 Å². The van der Waals surface area contributed by atoms with Crippen LogP contribution in [0.3, 0.4) is 0 Å². The Morgan fingerprint density at radius 2 is 2.19 bits per heavy atom. The number of rotatable bonds is 4. The van der Waals surface area contributed by atoms with Crippen molar-refractivity contribution in [2.75, 3.05) is 12.3 Å². The maximum absolute atomic E-state index is 13.0. The van der Waals surface area contributed by atoms with Gasteiger partial charge in [0.25, 0.3) is 0 Å². The molecule has 16 heavy (non-hydrogen) atoms. The minimum atomic E-state index is -0.574. The summed E-state index contributed by atoms with van der Waals surface area (Å²) in [5.74, 6) is -0.825. The lowest BCUT2D eigenvalue weighted by atomic mass is 10.3. The lowest BCUT2D eigenvalue weighted by Gasteiger charge is -2.09. The number of hydrogen-bond acceptors (Lipinski definition) is 4. The van der Waals surface area contributed by atoms with Gasteiger partial charge in [0, 0.05) is 6.07 Å². The Kier molecular flexibility index (Phi) is 4.10. The average Bonchev–Trinajstić information content (AvgIpc) is 2.19. The first-order valence-electron chi connectivity index (χ1n) is 4.86. The third-order valence-electron chi connectivity index (χ3n) is 1.70. The number of benzene rings is 1. The maximum Gasteiger partial charge on any atom is 0.344 e. The third-order valence-corrected chi connectivity index (χ3v) is 1.70. The molecule has 4 nitrogen and oxygen atoms in total. The van der Waals surface area contributed by atoms with Crippen molar-refractivity contribution in [3.63, 3.8) is 0 Å².